The Bertz CT molecular complexity index is 422. The summed E-state index contributed by atoms with van der Waals surface area (Å²) in [7, 11) is 0. The van der Waals surface area contributed by atoms with Crippen LogP contribution in [0.2, 0.25) is 10.0 Å². The number of hydrogen-bond acceptors (Lipinski definition) is 3. The van der Waals surface area contributed by atoms with Crippen molar-refractivity contribution < 1.29 is 14.6 Å². The highest BCUT2D eigenvalue weighted by molar-refractivity contribution is 6.37. The minimum Gasteiger partial charge on any atom is -0.506 e. The van der Waals surface area contributed by atoms with Crippen LogP contribution in [0.5, 0.6) is 5.75 Å². The molecule has 0 bridgehead atoms. The van der Waals surface area contributed by atoms with Gasteiger partial charge < -0.3 is 9.84 Å². The van der Waals surface area contributed by atoms with E-state index in [0.717, 1.165) is 0 Å². The summed E-state index contributed by atoms with van der Waals surface area (Å²) in [6.45, 7) is 0.734. The van der Waals surface area contributed by atoms with E-state index in [4.69, 9.17) is 27.9 Å². The van der Waals surface area contributed by atoms with Gasteiger partial charge in [-0.2, -0.15) is 0 Å². The first kappa shape index (κ1) is 10.4. The molecule has 1 aromatic carbocycles. The van der Waals surface area contributed by atoms with Crippen LogP contribution in [0.3, 0.4) is 0 Å². The summed E-state index contributed by atoms with van der Waals surface area (Å²) in [5.41, 5.74) is 0.404. The molecule has 0 aromatic heterocycles. The Kier molecular flexibility index (Phi) is 2.63. The van der Waals surface area contributed by atoms with Crippen molar-refractivity contribution in [3.05, 3.63) is 22.2 Å². The van der Waals surface area contributed by atoms with Crippen molar-refractivity contribution >= 4 is 35.0 Å². The zero-order valence-electron chi connectivity index (χ0n) is 7.54. The lowest BCUT2D eigenvalue weighted by Gasteiger charge is -2.15. The molecule has 1 aromatic rings. The van der Waals surface area contributed by atoms with Gasteiger partial charge in [-0.25, -0.2) is 4.79 Å². The van der Waals surface area contributed by atoms with Crippen molar-refractivity contribution in [1.82, 2.24) is 0 Å². The fraction of sp³-hybridized carbons (Fsp3) is 0.222. The average molecular weight is 248 g/mol. The predicted octanol–water partition coefficient (Wildman–Crippen LogP) is 2.66. The molecule has 6 heteroatoms. The molecule has 1 aliphatic rings. The van der Waals surface area contributed by atoms with Crippen molar-refractivity contribution in [2.45, 2.75) is 0 Å². The molecule has 1 aliphatic heterocycles. The van der Waals surface area contributed by atoms with E-state index in [2.05, 4.69) is 0 Å². The zero-order chi connectivity index (χ0) is 11.0. The molecule has 15 heavy (non-hydrogen) atoms. The summed E-state index contributed by atoms with van der Waals surface area (Å²) in [6.07, 6.45) is -0.473. The van der Waals surface area contributed by atoms with E-state index in [1.54, 1.807) is 0 Å². The molecule has 1 amide bonds. The number of anilines is 1. The van der Waals surface area contributed by atoms with Gasteiger partial charge >= 0.3 is 6.09 Å². The summed E-state index contributed by atoms with van der Waals surface area (Å²) in [6, 6.07) is 2.73. The molecule has 0 aliphatic carbocycles. The van der Waals surface area contributed by atoms with Crippen LogP contribution in [-0.4, -0.2) is 24.4 Å². The van der Waals surface area contributed by atoms with E-state index in [9.17, 15) is 9.90 Å². The number of aromatic hydroxyl groups is 1. The van der Waals surface area contributed by atoms with E-state index >= 15 is 0 Å². The molecule has 0 unspecified atom stereocenters. The van der Waals surface area contributed by atoms with Gasteiger partial charge in [0.05, 0.1) is 22.3 Å². The lowest BCUT2D eigenvalue weighted by atomic mass is 10.2. The first-order chi connectivity index (χ1) is 7.09. The predicted molar refractivity (Wildman–Crippen MR) is 56.8 cm³/mol. The van der Waals surface area contributed by atoms with E-state index in [-0.39, 0.29) is 10.8 Å². The number of nitrogens with zero attached hydrogens (tertiary/aromatic N) is 1. The number of amides is 1. The number of phenols is 1. The van der Waals surface area contributed by atoms with Crippen LogP contribution in [0.1, 0.15) is 0 Å². The maximum atomic E-state index is 11.3. The van der Waals surface area contributed by atoms with Crippen molar-refractivity contribution in [2.24, 2.45) is 0 Å². The highest BCUT2D eigenvalue weighted by Gasteiger charge is 2.26. The van der Waals surface area contributed by atoms with E-state index < -0.39 is 6.09 Å². The summed E-state index contributed by atoms with van der Waals surface area (Å²) < 4.78 is 4.76. The first-order valence-electron chi connectivity index (χ1n) is 4.22. The number of ether oxygens (including phenoxy) is 1. The second kappa shape index (κ2) is 3.79. The molecule has 0 saturated carbocycles. The van der Waals surface area contributed by atoms with Crippen molar-refractivity contribution in [3.63, 3.8) is 0 Å². The monoisotopic (exact) mass is 247 g/mol. The Morgan fingerprint density at radius 1 is 1.33 bits per heavy atom. The number of rotatable bonds is 1. The van der Waals surface area contributed by atoms with E-state index in [1.807, 2.05) is 0 Å². The Hall–Kier alpha value is -1.13. The zero-order valence-corrected chi connectivity index (χ0v) is 9.05. The molecule has 0 atom stereocenters. The van der Waals surface area contributed by atoms with Crippen LogP contribution in [0.15, 0.2) is 12.1 Å². The van der Waals surface area contributed by atoms with Crippen LogP contribution < -0.4 is 4.90 Å². The van der Waals surface area contributed by atoms with Gasteiger partial charge in [0.15, 0.2) is 0 Å². The number of phenolic OH excluding ortho intramolecular Hbond substituents is 1. The summed E-state index contributed by atoms with van der Waals surface area (Å²) in [5.74, 6) is -0.115. The van der Waals surface area contributed by atoms with Crippen LogP contribution in [0.4, 0.5) is 10.5 Å². The van der Waals surface area contributed by atoms with Gasteiger partial charge in [-0.05, 0) is 6.07 Å². The topological polar surface area (TPSA) is 49.8 Å². The fourth-order valence-electron chi connectivity index (χ4n) is 1.35. The Balaban J connectivity index is 2.43. The number of halogens is 2. The van der Waals surface area contributed by atoms with Crippen molar-refractivity contribution in [2.75, 3.05) is 18.1 Å². The number of hydrogen-bond donors (Lipinski definition) is 1. The lowest BCUT2D eigenvalue weighted by molar-refractivity contribution is 0.181. The third-order valence-electron chi connectivity index (χ3n) is 2.07. The van der Waals surface area contributed by atoms with E-state index in [1.165, 1.54) is 17.0 Å². The first-order valence-corrected chi connectivity index (χ1v) is 4.97. The molecule has 1 N–H and O–H groups in total. The molecular weight excluding hydrogens is 241 g/mol. The second-order valence-electron chi connectivity index (χ2n) is 3.02. The summed E-state index contributed by atoms with van der Waals surface area (Å²) in [5, 5.41) is 9.85. The van der Waals surface area contributed by atoms with Crippen LogP contribution in [-0.2, 0) is 4.74 Å². The fourth-order valence-corrected chi connectivity index (χ4v) is 1.83. The number of carbonyl (C=O) groups is 1. The minimum atomic E-state index is -0.473. The minimum absolute atomic E-state index is 0.115. The normalized spacial score (nSPS) is 15.6. The smallest absolute Gasteiger partial charge is 0.414 e. The van der Waals surface area contributed by atoms with E-state index in [0.29, 0.717) is 23.9 Å². The van der Waals surface area contributed by atoms with Gasteiger partial charge in [-0.15, -0.1) is 0 Å². The molecule has 80 valence electrons. The summed E-state index contributed by atoms with van der Waals surface area (Å²) >= 11 is 11.6. The van der Waals surface area contributed by atoms with Gasteiger partial charge in [0.1, 0.15) is 12.4 Å². The maximum absolute atomic E-state index is 11.3. The molecule has 1 saturated heterocycles. The Labute approximate surface area is 96.0 Å². The Morgan fingerprint density at radius 3 is 2.67 bits per heavy atom. The molecule has 4 nitrogen and oxygen atoms in total. The SMILES string of the molecule is O=C1OCCN1c1cc(O)c(Cl)cc1Cl. The molecule has 0 spiro atoms. The van der Waals surface area contributed by atoms with Gasteiger partial charge in [-0.3, -0.25) is 4.90 Å². The number of benzene rings is 1. The molecule has 1 fully saturated rings. The van der Waals surface area contributed by atoms with Gasteiger partial charge in [0.2, 0.25) is 0 Å². The summed E-state index contributed by atoms with van der Waals surface area (Å²) in [4.78, 5) is 12.6. The molecule has 0 radical (unpaired) electrons. The second-order valence-corrected chi connectivity index (χ2v) is 3.84. The third-order valence-corrected chi connectivity index (χ3v) is 2.67. The largest absolute Gasteiger partial charge is 0.506 e. The van der Waals surface area contributed by atoms with Crippen LogP contribution in [0.25, 0.3) is 0 Å². The van der Waals surface area contributed by atoms with Crippen LogP contribution in [0, 0.1) is 0 Å². The lowest BCUT2D eigenvalue weighted by Crippen LogP contribution is -2.23. The highest BCUT2D eigenvalue weighted by Crippen LogP contribution is 2.36. The number of carbonyl (C=O) groups excluding carboxylic acids is 1. The highest BCUT2D eigenvalue weighted by atomic mass is 35.5. The van der Waals surface area contributed by atoms with Gasteiger partial charge in [-0.1, -0.05) is 23.2 Å². The maximum Gasteiger partial charge on any atom is 0.414 e. The third kappa shape index (κ3) is 1.82. The van der Waals surface area contributed by atoms with Gasteiger partial charge in [0.25, 0.3) is 0 Å². The quantitative estimate of drug-likeness (QED) is 0.831. The average Bonchev–Trinajstić information content (AvgIpc) is 2.58. The Morgan fingerprint density at radius 2 is 2.07 bits per heavy atom. The molecular formula is C9H7Cl2NO3. The molecule has 1 heterocycles. The van der Waals surface area contributed by atoms with Gasteiger partial charge in [0, 0.05) is 6.07 Å². The van der Waals surface area contributed by atoms with Crippen molar-refractivity contribution in [1.29, 1.82) is 0 Å². The molecule has 2 rings (SSSR count). The van der Waals surface area contributed by atoms with Crippen molar-refractivity contribution in [3.8, 4) is 5.75 Å². The number of cyclic esters (lactones) is 1. The van der Waals surface area contributed by atoms with Crippen LogP contribution >= 0.6 is 23.2 Å². The standard InChI is InChI=1S/C9H7Cl2NO3/c10-5-3-6(11)8(13)4-7(5)12-1-2-15-9(12)14/h3-4,13H,1-2H2.